The minimum Gasteiger partial charge on any atom is -0.492 e. The van der Waals surface area contributed by atoms with Gasteiger partial charge in [-0.25, -0.2) is 9.18 Å². The molecule has 0 aliphatic rings. The molecule has 2 amide bonds. The van der Waals surface area contributed by atoms with Gasteiger partial charge in [-0.05, 0) is 55.8 Å². The Hall–Kier alpha value is -3.72. The van der Waals surface area contributed by atoms with Gasteiger partial charge in [0.25, 0.3) is 11.8 Å². The molecule has 9 heteroatoms. The Morgan fingerprint density at radius 2 is 1.69 bits per heavy atom. The summed E-state index contributed by atoms with van der Waals surface area (Å²) in [6.07, 6.45) is 0. The van der Waals surface area contributed by atoms with Gasteiger partial charge in [0.15, 0.2) is 0 Å². The fourth-order valence-corrected chi connectivity index (χ4v) is 4.06. The fraction of sp³-hybridized carbons (Fsp3) is 0.174. The molecule has 2 N–H and O–H groups in total. The number of anilines is 2. The summed E-state index contributed by atoms with van der Waals surface area (Å²) in [5.41, 5.74) is 1.12. The number of ether oxygens (including phenoxy) is 2. The molecule has 7 nitrogen and oxygen atoms in total. The second-order valence-corrected chi connectivity index (χ2v) is 7.62. The van der Waals surface area contributed by atoms with E-state index in [2.05, 4.69) is 10.6 Å². The van der Waals surface area contributed by atoms with Crippen LogP contribution in [0.5, 0.6) is 5.75 Å². The number of hydrogen-bond acceptors (Lipinski definition) is 6. The summed E-state index contributed by atoms with van der Waals surface area (Å²) in [6, 6.07) is 11.9. The summed E-state index contributed by atoms with van der Waals surface area (Å²) in [5, 5.41) is 5.57. The first-order valence-electron chi connectivity index (χ1n) is 9.67. The Morgan fingerprint density at radius 1 is 1.00 bits per heavy atom. The Bertz CT molecular complexity index is 1160. The van der Waals surface area contributed by atoms with Gasteiger partial charge in [-0.2, -0.15) is 0 Å². The van der Waals surface area contributed by atoms with Crippen LogP contribution in [-0.2, 0) is 4.74 Å². The van der Waals surface area contributed by atoms with Gasteiger partial charge in [0, 0.05) is 5.56 Å². The van der Waals surface area contributed by atoms with Crippen molar-refractivity contribution < 1.29 is 28.2 Å². The van der Waals surface area contributed by atoms with Crippen molar-refractivity contribution in [1.82, 2.24) is 0 Å². The molecule has 0 atom stereocenters. The number of benzene rings is 2. The minimum atomic E-state index is -0.693. The number of amides is 2. The summed E-state index contributed by atoms with van der Waals surface area (Å²) in [4.78, 5) is 38.2. The Morgan fingerprint density at radius 3 is 2.34 bits per heavy atom. The Kier molecular flexibility index (Phi) is 7.21. The van der Waals surface area contributed by atoms with Crippen LogP contribution in [0.2, 0.25) is 0 Å². The van der Waals surface area contributed by atoms with Crippen LogP contribution in [0.15, 0.2) is 48.5 Å². The number of nitrogens with one attached hydrogen (secondary N) is 2. The minimum absolute atomic E-state index is 0.0798. The van der Waals surface area contributed by atoms with E-state index in [-0.39, 0.29) is 21.0 Å². The Balaban J connectivity index is 1.93. The molecule has 166 valence electrons. The molecule has 0 fully saturated rings. The molecule has 3 aromatic rings. The zero-order chi connectivity index (χ0) is 23.3. The largest absolute Gasteiger partial charge is 0.492 e. The molecule has 1 aromatic heterocycles. The number of thiophene rings is 1. The van der Waals surface area contributed by atoms with E-state index in [9.17, 15) is 18.8 Å². The maximum Gasteiger partial charge on any atom is 0.341 e. The van der Waals surface area contributed by atoms with Gasteiger partial charge in [0.1, 0.15) is 16.6 Å². The number of carbonyl (C=O) groups is 3. The van der Waals surface area contributed by atoms with Gasteiger partial charge in [0.2, 0.25) is 0 Å². The average molecular weight is 456 g/mol. The first kappa shape index (κ1) is 23.0. The summed E-state index contributed by atoms with van der Waals surface area (Å²) in [7, 11) is 1.21. The highest BCUT2D eigenvalue weighted by molar-refractivity contribution is 7.19. The number of para-hydroxylation sites is 2. The first-order chi connectivity index (χ1) is 15.3. The lowest BCUT2D eigenvalue weighted by molar-refractivity contribution is 0.0601. The van der Waals surface area contributed by atoms with Crippen LogP contribution in [0, 0.1) is 12.7 Å². The van der Waals surface area contributed by atoms with Crippen molar-refractivity contribution in [3.8, 4) is 5.75 Å². The second kappa shape index (κ2) is 10.1. The van der Waals surface area contributed by atoms with Crippen LogP contribution in [0.25, 0.3) is 0 Å². The van der Waals surface area contributed by atoms with Crippen LogP contribution in [-0.4, -0.2) is 31.5 Å². The normalized spacial score (nSPS) is 10.4. The summed E-state index contributed by atoms with van der Waals surface area (Å²) in [6.45, 7) is 3.86. The third-order valence-corrected chi connectivity index (χ3v) is 5.72. The summed E-state index contributed by atoms with van der Waals surface area (Å²) >= 11 is 0.943. The highest BCUT2D eigenvalue weighted by Crippen LogP contribution is 2.35. The van der Waals surface area contributed by atoms with Gasteiger partial charge < -0.3 is 20.1 Å². The topological polar surface area (TPSA) is 93.7 Å². The molecular formula is C23H21FN2O5S. The standard InChI is InChI=1S/C23H21FN2O5S/c1-4-31-17-8-6-5-7-16(17)25-21(28)19-13(2)18(23(29)30-3)22(32-19)26-20(27)14-9-11-15(24)12-10-14/h5-12H,4H2,1-3H3,(H,25,28)(H,26,27). The third-order valence-electron chi connectivity index (χ3n) is 4.51. The van der Waals surface area contributed by atoms with Crippen molar-refractivity contribution in [3.05, 3.63) is 75.9 Å². The SMILES string of the molecule is CCOc1ccccc1NC(=O)c1sc(NC(=O)c2ccc(F)cc2)c(C(=O)OC)c1C. The van der Waals surface area contributed by atoms with E-state index in [1.165, 1.54) is 19.2 Å². The number of methoxy groups -OCH3 is 1. The lowest BCUT2D eigenvalue weighted by Crippen LogP contribution is -2.14. The van der Waals surface area contributed by atoms with Gasteiger partial charge >= 0.3 is 5.97 Å². The average Bonchev–Trinajstić information content (AvgIpc) is 3.11. The maximum atomic E-state index is 13.1. The second-order valence-electron chi connectivity index (χ2n) is 6.60. The van der Waals surface area contributed by atoms with Crippen molar-refractivity contribution in [2.75, 3.05) is 24.4 Å². The first-order valence-corrected chi connectivity index (χ1v) is 10.5. The predicted octanol–water partition coefficient (Wildman–Crippen LogP) is 4.89. The Labute approximate surface area is 188 Å². The van der Waals surface area contributed by atoms with E-state index in [1.807, 2.05) is 6.92 Å². The number of halogens is 1. The van der Waals surface area contributed by atoms with Gasteiger partial charge in [-0.1, -0.05) is 12.1 Å². The third kappa shape index (κ3) is 4.94. The van der Waals surface area contributed by atoms with E-state index in [0.717, 1.165) is 23.5 Å². The van der Waals surface area contributed by atoms with Crippen molar-refractivity contribution >= 4 is 39.8 Å². The number of hydrogen-bond donors (Lipinski definition) is 2. The van der Waals surface area contributed by atoms with E-state index in [4.69, 9.17) is 9.47 Å². The van der Waals surface area contributed by atoms with Crippen LogP contribution >= 0.6 is 11.3 Å². The zero-order valence-electron chi connectivity index (χ0n) is 17.7. The van der Waals surface area contributed by atoms with Crippen molar-refractivity contribution in [3.63, 3.8) is 0 Å². The molecule has 2 aromatic carbocycles. The molecule has 3 rings (SSSR count). The molecule has 0 spiro atoms. The zero-order valence-corrected chi connectivity index (χ0v) is 18.5. The molecule has 1 heterocycles. The van der Waals surface area contributed by atoms with Gasteiger partial charge in [0.05, 0.1) is 29.8 Å². The lowest BCUT2D eigenvalue weighted by Gasteiger charge is -2.11. The van der Waals surface area contributed by atoms with Crippen LogP contribution in [0.1, 0.15) is 42.9 Å². The van der Waals surface area contributed by atoms with Crippen LogP contribution in [0.3, 0.4) is 0 Å². The molecule has 32 heavy (non-hydrogen) atoms. The lowest BCUT2D eigenvalue weighted by atomic mass is 10.1. The molecule has 0 saturated heterocycles. The summed E-state index contributed by atoms with van der Waals surface area (Å²) in [5.74, 6) is -1.68. The monoisotopic (exact) mass is 456 g/mol. The molecular weight excluding hydrogens is 435 g/mol. The molecule has 0 unspecified atom stereocenters. The van der Waals surface area contributed by atoms with E-state index < -0.39 is 23.6 Å². The predicted molar refractivity (Wildman–Crippen MR) is 120 cm³/mol. The smallest absolute Gasteiger partial charge is 0.341 e. The summed E-state index contributed by atoms with van der Waals surface area (Å²) < 4.78 is 23.5. The van der Waals surface area contributed by atoms with Crippen LogP contribution < -0.4 is 15.4 Å². The molecule has 0 saturated carbocycles. The highest BCUT2D eigenvalue weighted by Gasteiger charge is 2.27. The van der Waals surface area contributed by atoms with Gasteiger partial charge in [-0.15, -0.1) is 11.3 Å². The quantitative estimate of drug-likeness (QED) is 0.494. The van der Waals surface area contributed by atoms with E-state index in [1.54, 1.807) is 31.2 Å². The van der Waals surface area contributed by atoms with Crippen molar-refractivity contribution in [1.29, 1.82) is 0 Å². The van der Waals surface area contributed by atoms with E-state index in [0.29, 0.717) is 23.6 Å². The number of esters is 1. The van der Waals surface area contributed by atoms with Crippen molar-refractivity contribution in [2.24, 2.45) is 0 Å². The molecule has 0 aliphatic heterocycles. The van der Waals surface area contributed by atoms with E-state index >= 15 is 0 Å². The van der Waals surface area contributed by atoms with Crippen LogP contribution in [0.4, 0.5) is 15.1 Å². The number of carbonyl (C=O) groups excluding carboxylic acids is 3. The molecule has 0 aliphatic carbocycles. The number of rotatable bonds is 7. The fourth-order valence-electron chi connectivity index (χ4n) is 2.97. The maximum absolute atomic E-state index is 13.1. The molecule has 0 radical (unpaired) electrons. The van der Waals surface area contributed by atoms with Gasteiger partial charge in [-0.3, -0.25) is 9.59 Å². The molecule has 0 bridgehead atoms. The highest BCUT2D eigenvalue weighted by atomic mass is 32.1. The van der Waals surface area contributed by atoms with Crippen molar-refractivity contribution in [2.45, 2.75) is 13.8 Å².